The van der Waals surface area contributed by atoms with Gasteiger partial charge >= 0.3 is 0 Å². The standard InChI is InChI=1S/C38H42N6O6S/c1-27-38(51-26-41-27)31-3-4-32(23-40-25-45)36(22-31)50-20-19-49-18-17-48-16-15-47-14-2-13-44-24-34(37(42-44)28-9-11-39-12-10-28)30-5-7-33-29(21-30)6-8-35(33)43-46/h3-5,7,9-12,21-22,24-26,46H,2,6,8,13-20,23H2,1H3,(H,40,45)/b43-35+. The number of pyridine rings is 1. The number of hydrogen-bond donors (Lipinski definition) is 2. The van der Waals surface area contributed by atoms with Crippen LogP contribution in [-0.4, -0.2) is 83.3 Å². The van der Waals surface area contributed by atoms with E-state index in [-0.39, 0.29) is 0 Å². The lowest BCUT2D eigenvalue weighted by molar-refractivity contribution is -0.109. The Kier molecular flexibility index (Phi) is 12.9. The van der Waals surface area contributed by atoms with Gasteiger partial charge in [0, 0.05) is 60.5 Å². The molecule has 51 heavy (non-hydrogen) atoms. The van der Waals surface area contributed by atoms with E-state index in [9.17, 15) is 10.0 Å². The molecule has 0 atom stereocenters. The minimum atomic E-state index is 0.373. The van der Waals surface area contributed by atoms with Gasteiger partial charge in [-0.2, -0.15) is 5.10 Å². The number of aryl methyl sites for hydroxylation is 3. The van der Waals surface area contributed by atoms with E-state index in [1.165, 1.54) is 5.56 Å². The summed E-state index contributed by atoms with van der Waals surface area (Å²) in [5.74, 6) is 0.710. The van der Waals surface area contributed by atoms with Crippen molar-refractivity contribution >= 4 is 23.5 Å². The van der Waals surface area contributed by atoms with Gasteiger partial charge < -0.3 is 29.5 Å². The second-order valence-electron chi connectivity index (χ2n) is 11.9. The van der Waals surface area contributed by atoms with E-state index in [0.29, 0.717) is 71.5 Å². The Bertz CT molecular complexity index is 1910. The highest BCUT2D eigenvalue weighted by Crippen LogP contribution is 2.35. The number of ether oxygens (including phenoxy) is 4. The van der Waals surface area contributed by atoms with Crippen molar-refractivity contribution in [2.75, 3.05) is 46.2 Å². The first-order chi connectivity index (χ1) is 25.1. The van der Waals surface area contributed by atoms with E-state index in [4.69, 9.17) is 24.0 Å². The fourth-order valence-corrected chi connectivity index (χ4v) is 6.80. The fraction of sp³-hybridized carbons (Fsp3) is 0.342. The zero-order valence-corrected chi connectivity index (χ0v) is 29.4. The van der Waals surface area contributed by atoms with Gasteiger partial charge in [0.05, 0.1) is 54.8 Å². The number of fused-ring (bicyclic) bond motifs is 1. The number of nitrogens with one attached hydrogen (secondary N) is 1. The Morgan fingerprint density at radius 2 is 1.67 bits per heavy atom. The van der Waals surface area contributed by atoms with Crippen molar-refractivity contribution in [3.8, 4) is 38.6 Å². The number of carbonyl (C=O) groups is 1. The molecule has 1 aliphatic carbocycles. The van der Waals surface area contributed by atoms with E-state index >= 15 is 0 Å². The third kappa shape index (κ3) is 9.44. The maximum Gasteiger partial charge on any atom is 0.207 e. The van der Waals surface area contributed by atoms with Crippen LogP contribution >= 0.6 is 11.3 Å². The lowest BCUT2D eigenvalue weighted by Gasteiger charge is -2.13. The van der Waals surface area contributed by atoms with Gasteiger partial charge in [-0.05, 0) is 61.1 Å². The molecule has 0 spiro atoms. The first-order valence-electron chi connectivity index (χ1n) is 17.0. The molecule has 5 aromatic rings. The van der Waals surface area contributed by atoms with Crippen molar-refractivity contribution in [3.63, 3.8) is 0 Å². The number of carbonyl (C=O) groups excluding carboxylic acids is 1. The highest BCUT2D eigenvalue weighted by Gasteiger charge is 2.21. The molecule has 6 rings (SSSR count). The smallest absolute Gasteiger partial charge is 0.207 e. The van der Waals surface area contributed by atoms with Gasteiger partial charge in [0.1, 0.15) is 18.1 Å². The average Bonchev–Trinajstić information content (AvgIpc) is 3.91. The van der Waals surface area contributed by atoms with Crippen LogP contribution in [0, 0.1) is 6.92 Å². The van der Waals surface area contributed by atoms with Crippen LogP contribution in [0.4, 0.5) is 0 Å². The van der Waals surface area contributed by atoms with Crippen LogP contribution in [0.3, 0.4) is 0 Å². The largest absolute Gasteiger partial charge is 0.491 e. The zero-order chi connectivity index (χ0) is 35.3. The Labute approximate surface area is 301 Å². The van der Waals surface area contributed by atoms with Gasteiger partial charge in [0.2, 0.25) is 6.41 Å². The first kappa shape index (κ1) is 35.9. The SMILES string of the molecule is Cc1ncsc1-c1ccc(CNC=O)c(OCCOCCOCCOCCCn2cc(-c3ccc4c(c3)CC/C4=N\O)c(-c3ccncc3)n2)c1. The van der Waals surface area contributed by atoms with Gasteiger partial charge in [0.15, 0.2) is 0 Å². The number of nitrogens with zero attached hydrogens (tertiary/aromatic N) is 5. The zero-order valence-electron chi connectivity index (χ0n) is 28.6. The van der Waals surface area contributed by atoms with Crippen LogP contribution < -0.4 is 10.1 Å². The summed E-state index contributed by atoms with van der Waals surface area (Å²) in [5, 5.41) is 20.4. The van der Waals surface area contributed by atoms with E-state index in [1.54, 1.807) is 23.7 Å². The molecule has 0 saturated carbocycles. The van der Waals surface area contributed by atoms with Gasteiger partial charge in [-0.3, -0.25) is 14.5 Å². The predicted octanol–water partition coefficient (Wildman–Crippen LogP) is 5.93. The van der Waals surface area contributed by atoms with Crippen LogP contribution in [0.2, 0.25) is 0 Å². The Morgan fingerprint density at radius 3 is 2.41 bits per heavy atom. The normalized spacial score (nSPS) is 13.1. The quantitative estimate of drug-likeness (QED) is 0.0435. The van der Waals surface area contributed by atoms with Crippen LogP contribution in [0.5, 0.6) is 5.75 Å². The van der Waals surface area contributed by atoms with Crippen molar-refractivity contribution in [2.24, 2.45) is 5.16 Å². The fourth-order valence-electron chi connectivity index (χ4n) is 6.00. The number of benzene rings is 2. The van der Waals surface area contributed by atoms with E-state index < -0.39 is 0 Å². The number of thiazole rings is 1. The van der Waals surface area contributed by atoms with Crippen LogP contribution in [0.1, 0.15) is 35.2 Å². The Morgan fingerprint density at radius 1 is 0.902 bits per heavy atom. The maximum absolute atomic E-state index is 10.8. The first-order valence-corrected chi connectivity index (χ1v) is 17.9. The molecule has 12 nitrogen and oxygen atoms in total. The summed E-state index contributed by atoms with van der Waals surface area (Å²) >= 11 is 1.58. The van der Waals surface area contributed by atoms with Crippen molar-refractivity contribution in [3.05, 3.63) is 95.0 Å². The minimum absolute atomic E-state index is 0.373. The molecule has 2 aromatic carbocycles. The Balaban J connectivity index is 0.881. The highest BCUT2D eigenvalue weighted by molar-refractivity contribution is 7.13. The van der Waals surface area contributed by atoms with Crippen molar-refractivity contribution in [1.82, 2.24) is 25.1 Å². The molecule has 0 saturated heterocycles. The molecule has 0 unspecified atom stereocenters. The molecular weight excluding hydrogens is 669 g/mol. The van der Waals surface area contributed by atoms with Crippen molar-refractivity contribution in [2.45, 2.75) is 39.3 Å². The lowest BCUT2D eigenvalue weighted by Crippen LogP contribution is -2.15. The average molecular weight is 711 g/mol. The third-order valence-electron chi connectivity index (χ3n) is 8.55. The van der Waals surface area contributed by atoms with Gasteiger partial charge in [-0.15, -0.1) is 11.3 Å². The number of aromatic nitrogens is 4. The molecule has 0 radical (unpaired) electrons. The molecule has 13 heteroatoms. The molecular formula is C38H42N6O6S. The van der Waals surface area contributed by atoms with Crippen LogP contribution in [0.15, 0.2) is 77.8 Å². The summed E-state index contributed by atoms with van der Waals surface area (Å²) in [6.07, 6.45) is 8.74. The van der Waals surface area contributed by atoms with E-state index in [0.717, 1.165) is 74.6 Å². The molecule has 3 heterocycles. The summed E-state index contributed by atoms with van der Waals surface area (Å²) in [4.78, 5) is 20.4. The molecule has 266 valence electrons. The van der Waals surface area contributed by atoms with E-state index in [2.05, 4.69) is 38.8 Å². The molecule has 0 fully saturated rings. The second kappa shape index (κ2) is 18.3. The number of amides is 1. The molecule has 3 aromatic heterocycles. The van der Waals surface area contributed by atoms with Crippen LogP contribution in [-0.2, 0) is 38.5 Å². The topological polar surface area (TPSA) is 142 Å². The third-order valence-corrected chi connectivity index (χ3v) is 9.53. The van der Waals surface area contributed by atoms with Crippen molar-refractivity contribution in [1.29, 1.82) is 0 Å². The molecule has 1 amide bonds. The summed E-state index contributed by atoms with van der Waals surface area (Å²) < 4.78 is 25.2. The van der Waals surface area contributed by atoms with Crippen LogP contribution in [0.25, 0.3) is 32.8 Å². The molecule has 1 aliphatic rings. The summed E-state index contributed by atoms with van der Waals surface area (Å²) in [7, 11) is 0. The summed E-state index contributed by atoms with van der Waals surface area (Å²) in [6, 6.07) is 16.2. The monoisotopic (exact) mass is 710 g/mol. The maximum atomic E-state index is 10.8. The second-order valence-corrected chi connectivity index (χ2v) is 12.8. The lowest BCUT2D eigenvalue weighted by atomic mass is 9.98. The number of oxime groups is 1. The molecule has 0 aliphatic heterocycles. The highest BCUT2D eigenvalue weighted by atomic mass is 32.1. The van der Waals surface area contributed by atoms with Gasteiger partial charge in [-0.25, -0.2) is 4.98 Å². The number of rotatable bonds is 20. The van der Waals surface area contributed by atoms with Crippen molar-refractivity contribution < 1.29 is 28.9 Å². The summed E-state index contributed by atoms with van der Waals surface area (Å²) in [5.41, 5.74) is 11.7. The predicted molar refractivity (Wildman–Crippen MR) is 195 cm³/mol. The minimum Gasteiger partial charge on any atom is -0.491 e. The van der Waals surface area contributed by atoms with Gasteiger partial charge in [-0.1, -0.05) is 35.5 Å². The molecule has 2 N–H and O–H groups in total. The molecule has 0 bridgehead atoms. The van der Waals surface area contributed by atoms with E-state index in [1.807, 2.05) is 53.5 Å². The Hall–Kier alpha value is -4.95. The summed E-state index contributed by atoms with van der Waals surface area (Å²) in [6.45, 7) is 6.35. The van der Waals surface area contributed by atoms with Gasteiger partial charge in [0.25, 0.3) is 0 Å². The number of hydrogen-bond acceptors (Lipinski definition) is 11.